The molecule has 0 aromatic heterocycles. The summed E-state index contributed by atoms with van der Waals surface area (Å²) in [7, 11) is 0. The molecular formula is C9H9NS. The van der Waals surface area contributed by atoms with Gasteiger partial charge in [0.05, 0.1) is 4.99 Å². The number of hydrogen-bond acceptors (Lipinski definition) is 1. The van der Waals surface area contributed by atoms with Crippen LogP contribution in [-0.4, -0.2) is 4.99 Å². The summed E-state index contributed by atoms with van der Waals surface area (Å²) in [5.74, 6) is 0. The molecule has 0 saturated heterocycles. The molecule has 11 heavy (non-hydrogen) atoms. The van der Waals surface area contributed by atoms with Gasteiger partial charge in [0.1, 0.15) is 0 Å². The first kappa shape index (κ1) is 6.80. The number of fused-ring (bicyclic) bond motifs is 1. The summed E-state index contributed by atoms with van der Waals surface area (Å²) in [5, 5.41) is 3.19. The third kappa shape index (κ3) is 1.26. The van der Waals surface area contributed by atoms with E-state index >= 15 is 0 Å². The maximum absolute atomic E-state index is 5.07. The lowest BCUT2D eigenvalue weighted by atomic mass is 10.0. The first-order valence-corrected chi connectivity index (χ1v) is 4.15. The van der Waals surface area contributed by atoms with E-state index in [9.17, 15) is 0 Å². The Morgan fingerprint density at radius 3 is 2.91 bits per heavy atom. The van der Waals surface area contributed by atoms with Crippen LogP contribution in [0.25, 0.3) is 0 Å². The molecule has 0 spiro atoms. The third-order valence-electron chi connectivity index (χ3n) is 1.91. The number of benzene rings is 1. The van der Waals surface area contributed by atoms with Crippen LogP contribution in [0.15, 0.2) is 24.3 Å². The fourth-order valence-electron chi connectivity index (χ4n) is 1.32. The summed E-state index contributed by atoms with van der Waals surface area (Å²) in [4.78, 5) is 0.962. The first-order chi connectivity index (χ1) is 5.36. The number of anilines is 1. The Labute approximate surface area is 71.4 Å². The lowest BCUT2D eigenvalue weighted by molar-refractivity contribution is 1.03. The Morgan fingerprint density at radius 2 is 2.00 bits per heavy atom. The molecule has 1 nitrogen and oxygen atoms in total. The largest absolute Gasteiger partial charge is 0.350 e. The van der Waals surface area contributed by atoms with Crippen LogP contribution < -0.4 is 5.32 Å². The number of nitrogens with one attached hydrogen (secondary N) is 1. The Bertz CT molecular complexity index is 293. The van der Waals surface area contributed by atoms with Gasteiger partial charge in [-0.3, -0.25) is 0 Å². The number of para-hydroxylation sites is 1. The summed E-state index contributed by atoms with van der Waals surface area (Å²) in [6.45, 7) is 0. The fourth-order valence-corrected chi connectivity index (χ4v) is 1.53. The molecule has 0 saturated carbocycles. The normalized spacial score (nSPS) is 15.5. The van der Waals surface area contributed by atoms with Crippen molar-refractivity contribution in [2.75, 3.05) is 5.32 Å². The summed E-state index contributed by atoms with van der Waals surface area (Å²) >= 11 is 5.07. The molecule has 0 bridgehead atoms. The fraction of sp³-hybridized carbons (Fsp3) is 0.222. The van der Waals surface area contributed by atoms with Gasteiger partial charge in [-0.15, -0.1) is 0 Å². The molecule has 56 valence electrons. The Kier molecular flexibility index (Phi) is 1.62. The molecule has 0 fully saturated rings. The van der Waals surface area contributed by atoms with Crippen LogP contribution in [0, 0.1) is 0 Å². The van der Waals surface area contributed by atoms with Crippen molar-refractivity contribution in [1.82, 2.24) is 0 Å². The molecule has 1 N–H and O–H groups in total. The monoisotopic (exact) mass is 163 g/mol. The van der Waals surface area contributed by atoms with Crippen molar-refractivity contribution in [3.05, 3.63) is 29.8 Å². The summed E-state index contributed by atoms with van der Waals surface area (Å²) in [6.07, 6.45) is 2.08. The van der Waals surface area contributed by atoms with E-state index in [4.69, 9.17) is 12.2 Å². The number of aryl methyl sites for hydroxylation is 1. The zero-order chi connectivity index (χ0) is 7.68. The molecule has 1 aromatic carbocycles. The number of hydrogen-bond donors (Lipinski definition) is 1. The van der Waals surface area contributed by atoms with E-state index < -0.39 is 0 Å². The molecule has 2 heteroatoms. The van der Waals surface area contributed by atoms with E-state index in [-0.39, 0.29) is 0 Å². The minimum Gasteiger partial charge on any atom is -0.350 e. The van der Waals surface area contributed by atoms with Crippen LogP contribution in [0.4, 0.5) is 5.69 Å². The second-order valence-corrected chi connectivity index (χ2v) is 3.20. The van der Waals surface area contributed by atoms with Crippen molar-refractivity contribution in [3.63, 3.8) is 0 Å². The predicted molar refractivity (Wildman–Crippen MR) is 51.0 cm³/mol. The van der Waals surface area contributed by atoms with Gasteiger partial charge in [-0.25, -0.2) is 0 Å². The van der Waals surface area contributed by atoms with Gasteiger partial charge in [-0.2, -0.15) is 0 Å². The zero-order valence-corrected chi connectivity index (χ0v) is 6.95. The van der Waals surface area contributed by atoms with Crippen molar-refractivity contribution in [2.24, 2.45) is 0 Å². The molecule has 0 amide bonds. The van der Waals surface area contributed by atoms with Crippen LogP contribution >= 0.6 is 12.2 Å². The predicted octanol–water partition coefficient (Wildman–Crippen LogP) is 2.37. The topological polar surface area (TPSA) is 12.0 Å². The third-order valence-corrected chi connectivity index (χ3v) is 2.22. The Hall–Kier alpha value is -0.890. The molecule has 0 radical (unpaired) electrons. The van der Waals surface area contributed by atoms with E-state index in [0.717, 1.165) is 17.8 Å². The first-order valence-electron chi connectivity index (χ1n) is 3.74. The lowest BCUT2D eigenvalue weighted by Gasteiger charge is -2.17. The maximum Gasteiger partial charge on any atom is 0.0800 e. The van der Waals surface area contributed by atoms with Crippen molar-refractivity contribution >= 4 is 22.9 Å². The van der Waals surface area contributed by atoms with Crippen LogP contribution in [0.5, 0.6) is 0 Å². The van der Waals surface area contributed by atoms with E-state index in [1.807, 2.05) is 6.07 Å². The minimum atomic E-state index is 0.962. The summed E-state index contributed by atoms with van der Waals surface area (Å²) in [6, 6.07) is 8.31. The molecule has 0 unspecified atom stereocenters. The van der Waals surface area contributed by atoms with Gasteiger partial charge in [0.15, 0.2) is 0 Å². The second-order valence-electron chi connectivity index (χ2n) is 2.71. The van der Waals surface area contributed by atoms with Crippen LogP contribution in [-0.2, 0) is 6.42 Å². The molecule has 1 aliphatic rings. The highest BCUT2D eigenvalue weighted by Gasteiger charge is 2.09. The Morgan fingerprint density at radius 1 is 1.18 bits per heavy atom. The van der Waals surface area contributed by atoms with E-state index in [0.29, 0.717) is 0 Å². The average Bonchev–Trinajstić information content (AvgIpc) is 2.04. The average molecular weight is 163 g/mol. The van der Waals surface area contributed by atoms with Gasteiger partial charge in [-0.05, 0) is 18.1 Å². The van der Waals surface area contributed by atoms with Crippen molar-refractivity contribution in [2.45, 2.75) is 12.8 Å². The van der Waals surface area contributed by atoms with Crippen LogP contribution in [0.2, 0.25) is 0 Å². The van der Waals surface area contributed by atoms with Gasteiger partial charge in [0.25, 0.3) is 0 Å². The maximum atomic E-state index is 5.07. The molecule has 1 aromatic rings. The highest BCUT2D eigenvalue weighted by molar-refractivity contribution is 7.80. The van der Waals surface area contributed by atoms with Crippen molar-refractivity contribution in [1.29, 1.82) is 0 Å². The van der Waals surface area contributed by atoms with E-state index in [1.54, 1.807) is 0 Å². The Balaban J connectivity index is 2.41. The summed E-state index contributed by atoms with van der Waals surface area (Å²) < 4.78 is 0. The molecule has 0 atom stereocenters. The SMILES string of the molecule is S=C1CCc2ccccc2N1. The van der Waals surface area contributed by atoms with Gasteiger partial charge >= 0.3 is 0 Å². The van der Waals surface area contributed by atoms with E-state index in [2.05, 4.69) is 23.5 Å². The standard InChI is InChI=1S/C9H9NS/c11-9-6-5-7-3-1-2-4-8(7)10-9/h1-4H,5-6H2,(H,10,11). The van der Waals surface area contributed by atoms with Crippen molar-refractivity contribution < 1.29 is 0 Å². The molecule has 2 rings (SSSR count). The number of rotatable bonds is 0. The molecule has 1 heterocycles. The highest BCUT2D eigenvalue weighted by atomic mass is 32.1. The van der Waals surface area contributed by atoms with E-state index in [1.165, 1.54) is 11.3 Å². The van der Waals surface area contributed by atoms with Gasteiger partial charge in [0, 0.05) is 12.1 Å². The smallest absolute Gasteiger partial charge is 0.0800 e. The van der Waals surface area contributed by atoms with Gasteiger partial charge in [0.2, 0.25) is 0 Å². The van der Waals surface area contributed by atoms with Crippen LogP contribution in [0.1, 0.15) is 12.0 Å². The molecule has 1 aliphatic heterocycles. The minimum absolute atomic E-state index is 0.962. The van der Waals surface area contributed by atoms with Gasteiger partial charge in [-0.1, -0.05) is 30.4 Å². The molecular weight excluding hydrogens is 154 g/mol. The second kappa shape index (κ2) is 2.62. The van der Waals surface area contributed by atoms with Crippen LogP contribution in [0.3, 0.4) is 0 Å². The summed E-state index contributed by atoms with van der Waals surface area (Å²) in [5.41, 5.74) is 2.56. The zero-order valence-electron chi connectivity index (χ0n) is 6.13. The van der Waals surface area contributed by atoms with Gasteiger partial charge < -0.3 is 5.32 Å². The van der Waals surface area contributed by atoms with Crippen molar-refractivity contribution in [3.8, 4) is 0 Å². The highest BCUT2D eigenvalue weighted by Crippen LogP contribution is 2.21. The number of thiocarbonyl (C=S) groups is 1. The quantitative estimate of drug-likeness (QED) is 0.589. The lowest BCUT2D eigenvalue weighted by Crippen LogP contribution is -2.16. The molecule has 0 aliphatic carbocycles.